The van der Waals surface area contributed by atoms with Gasteiger partial charge in [-0.1, -0.05) is 111 Å². The molecule has 5 rings (SSSR count). The van der Waals surface area contributed by atoms with Crippen LogP contribution in [0.25, 0.3) is 43.6 Å². The van der Waals surface area contributed by atoms with Gasteiger partial charge in [0.2, 0.25) is 0 Å². The Bertz CT molecular complexity index is 1940. The van der Waals surface area contributed by atoms with E-state index >= 15 is 0 Å². The molecule has 53 heavy (non-hydrogen) atoms. The minimum Gasteiger partial charge on any atom is -0.490 e. The van der Waals surface area contributed by atoms with Crippen molar-refractivity contribution in [1.82, 2.24) is 9.97 Å². The molecule has 0 aliphatic carbocycles. The number of hydrogen-bond donors (Lipinski definition) is 1. The minimum absolute atomic E-state index is 0.118. The molecule has 1 heterocycles. The molecular formula is C45H60N2O6. The van der Waals surface area contributed by atoms with Crippen molar-refractivity contribution < 1.29 is 28.8 Å². The summed E-state index contributed by atoms with van der Waals surface area (Å²) in [7, 11) is 0. The van der Waals surface area contributed by atoms with Crippen LogP contribution in [0.15, 0.2) is 42.5 Å². The van der Waals surface area contributed by atoms with Crippen molar-refractivity contribution in [3.8, 4) is 23.0 Å². The smallest absolute Gasteiger partial charge is 0.337 e. The van der Waals surface area contributed by atoms with Crippen molar-refractivity contribution in [2.24, 2.45) is 0 Å². The molecule has 4 aromatic carbocycles. The summed E-state index contributed by atoms with van der Waals surface area (Å²) in [5.41, 5.74) is 2.28. The molecule has 8 nitrogen and oxygen atoms in total. The summed E-state index contributed by atoms with van der Waals surface area (Å²) >= 11 is 0. The summed E-state index contributed by atoms with van der Waals surface area (Å²) in [6.07, 6.45) is 17.6. The molecule has 0 amide bonds. The molecule has 1 N–H and O–H groups in total. The first-order valence-corrected chi connectivity index (χ1v) is 20.4. The topological polar surface area (TPSA) is 100 Å². The molecule has 0 bridgehead atoms. The summed E-state index contributed by atoms with van der Waals surface area (Å²) in [6, 6.07) is 13.4. The number of carboxylic acids is 1. The zero-order chi connectivity index (χ0) is 37.4. The fourth-order valence-electron chi connectivity index (χ4n) is 6.88. The number of para-hydroxylation sites is 1. The quantitative estimate of drug-likeness (QED) is 0.0361. The third kappa shape index (κ3) is 10.4. The van der Waals surface area contributed by atoms with Crippen LogP contribution in [-0.4, -0.2) is 47.5 Å². The first-order valence-electron chi connectivity index (χ1n) is 20.4. The number of unbranched alkanes of at least 4 members (excludes halogenated alkanes) is 12. The average Bonchev–Trinajstić information content (AvgIpc) is 3.16. The molecule has 5 aromatic rings. The lowest BCUT2D eigenvalue weighted by Gasteiger charge is -2.19. The van der Waals surface area contributed by atoms with E-state index in [1.807, 2.05) is 18.2 Å². The Morgan fingerprint density at radius 3 is 1.25 bits per heavy atom. The van der Waals surface area contributed by atoms with Gasteiger partial charge in [0, 0.05) is 10.8 Å². The average molecular weight is 725 g/mol. The lowest BCUT2D eigenvalue weighted by molar-refractivity contribution is 0.0698. The van der Waals surface area contributed by atoms with Crippen LogP contribution in [0.4, 0.5) is 0 Å². The minimum atomic E-state index is -1.04. The number of carboxylic acid groups (broad SMARTS) is 1. The molecule has 0 saturated heterocycles. The molecule has 1 aromatic heterocycles. The molecule has 0 aliphatic rings. The lowest BCUT2D eigenvalue weighted by Crippen LogP contribution is -2.05. The summed E-state index contributed by atoms with van der Waals surface area (Å²) < 4.78 is 25.9. The molecule has 0 spiro atoms. The van der Waals surface area contributed by atoms with Gasteiger partial charge in [0.1, 0.15) is 5.52 Å². The number of nitrogens with zero attached hydrogens (tertiary/aromatic N) is 2. The SMILES string of the molecule is CCCCCCOc1cc2c3cc(OCCCCCC)c(OCCCCCC)cc3c3nc4c(C(=O)O)cccc4nc3c2cc1OCCCCCC. The first kappa shape index (κ1) is 39.9. The van der Waals surface area contributed by atoms with Gasteiger partial charge in [-0.05, 0) is 72.9 Å². The predicted molar refractivity (Wildman–Crippen MR) is 218 cm³/mol. The number of fused-ring (bicyclic) bond motifs is 7. The standard InChI is InChI=1S/C45H60N2O6/c1-5-9-13-17-24-50-38-28-33-34-29-39(51-25-18-14-10-6-2)41(53-27-20-16-12-8-4)31-36(34)44-43(35(33)30-40(38)52-26-19-15-11-7-3)46-37-23-21-22-32(45(48)49)42(37)47-44/h21-23,28-31H,5-20,24-27H2,1-4H3,(H,48,49). The van der Waals surface area contributed by atoms with Gasteiger partial charge in [-0.25, -0.2) is 14.8 Å². The fourth-order valence-corrected chi connectivity index (χ4v) is 6.88. The Morgan fingerprint density at radius 1 is 0.491 bits per heavy atom. The molecule has 0 unspecified atom stereocenters. The van der Waals surface area contributed by atoms with E-state index in [0.29, 0.717) is 71.5 Å². The van der Waals surface area contributed by atoms with Crippen LogP contribution in [-0.2, 0) is 0 Å². The molecule has 0 fully saturated rings. The first-order chi connectivity index (χ1) is 26.0. The van der Waals surface area contributed by atoms with E-state index in [1.54, 1.807) is 12.1 Å². The Balaban J connectivity index is 1.73. The molecule has 0 atom stereocenters. The summed E-state index contributed by atoms with van der Waals surface area (Å²) in [5.74, 6) is 1.72. The van der Waals surface area contributed by atoms with Crippen molar-refractivity contribution in [3.63, 3.8) is 0 Å². The largest absolute Gasteiger partial charge is 0.490 e. The molecule has 0 saturated carbocycles. The molecule has 0 radical (unpaired) electrons. The van der Waals surface area contributed by atoms with Crippen LogP contribution in [0.5, 0.6) is 23.0 Å². The van der Waals surface area contributed by atoms with Crippen molar-refractivity contribution in [1.29, 1.82) is 0 Å². The van der Waals surface area contributed by atoms with Crippen molar-refractivity contribution in [3.05, 3.63) is 48.0 Å². The van der Waals surface area contributed by atoms with Crippen molar-refractivity contribution in [2.75, 3.05) is 26.4 Å². The highest BCUT2D eigenvalue weighted by molar-refractivity contribution is 6.25. The van der Waals surface area contributed by atoms with E-state index in [2.05, 4.69) is 39.8 Å². The van der Waals surface area contributed by atoms with Gasteiger partial charge < -0.3 is 24.1 Å². The number of rotatable bonds is 25. The molecule has 8 heteroatoms. The molecule has 0 aliphatic heterocycles. The van der Waals surface area contributed by atoms with Crippen LogP contribution in [0.1, 0.15) is 141 Å². The van der Waals surface area contributed by atoms with Crippen molar-refractivity contribution >= 4 is 49.6 Å². The van der Waals surface area contributed by atoms with Gasteiger partial charge >= 0.3 is 5.97 Å². The Labute approximate surface area is 315 Å². The number of aromatic nitrogens is 2. The highest BCUT2D eigenvalue weighted by Gasteiger charge is 2.21. The Kier molecular flexibility index (Phi) is 15.6. The second-order valence-electron chi connectivity index (χ2n) is 14.2. The van der Waals surface area contributed by atoms with Gasteiger partial charge in [0.25, 0.3) is 0 Å². The maximum atomic E-state index is 12.3. The zero-order valence-electron chi connectivity index (χ0n) is 32.6. The predicted octanol–water partition coefficient (Wildman–Crippen LogP) is 12.6. The molecular weight excluding hydrogens is 665 g/mol. The summed E-state index contributed by atoms with van der Waals surface area (Å²) in [5, 5.41) is 13.7. The Hall–Kier alpha value is -4.33. The number of benzene rings is 4. The lowest BCUT2D eigenvalue weighted by atomic mass is 9.97. The number of hydrogen-bond acceptors (Lipinski definition) is 7. The maximum absolute atomic E-state index is 12.3. The van der Waals surface area contributed by atoms with Crippen LogP contribution in [0.3, 0.4) is 0 Å². The third-order valence-corrected chi connectivity index (χ3v) is 9.92. The van der Waals surface area contributed by atoms with Gasteiger partial charge in [0.15, 0.2) is 23.0 Å². The molecule has 286 valence electrons. The third-order valence-electron chi connectivity index (χ3n) is 9.92. The highest BCUT2D eigenvalue weighted by atomic mass is 16.5. The highest BCUT2D eigenvalue weighted by Crippen LogP contribution is 2.44. The van der Waals surface area contributed by atoms with E-state index in [0.717, 1.165) is 98.6 Å². The van der Waals surface area contributed by atoms with Gasteiger partial charge in [0.05, 0.1) is 48.5 Å². The van der Waals surface area contributed by atoms with Gasteiger partial charge in [-0.3, -0.25) is 0 Å². The van der Waals surface area contributed by atoms with Crippen LogP contribution >= 0.6 is 0 Å². The number of ether oxygens (including phenoxy) is 4. The zero-order valence-corrected chi connectivity index (χ0v) is 32.6. The normalized spacial score (nSPS) is 11.5. The van der Waals surface area contributed by atoms with E-state index in [1.165, 1.54) is 25.7 Å². The van der Waals surface area contributed by atoms with Crippen LogP contribution in [0.2, 0.25) is 0 Å². The van der Waals surface area contributed by atoms with Gasteiger partial charge in [-0.2, -0.15) is 0 Å². The monoisotopic (exact) mass is 724 g/mol. The summed E-state index contributed by atoms with van der Waals surface area (Å²) in [4.78, 5) is 22.5. The van der Waals surface area contributed by atoms with Crippen LogP contribution in [0, 0.1) is 0 Å². The van der Waals surface area contributed by atoms with E-state index in [-0.39, 0.29) is 5.56 Å². The van der Waals surface area contributed by atoms with E-state index in [4.69, 9.17) is 28.9 Å². The summed E-state index contributed by atoms with van der Waals surface area (Å²) in [6.45, 7) is 11.2. The van der Waals surface area contributed by atoms with E-state index in [9.17, 15) is 9.90 Å². The second kappa shape index (κ2) is 20.8. The maximum Gasteiger partial charge on any atom is 0.337 e. The van der Waals surface area contributed by atoms with Gasteiger partial charge in [-0.15, -0.1) is 0 Å². The number of aromatic carboxylic acids is 1. The van der Waals surface area contributed by atoms with E-state index < -0.39 is 5.97 Å². The number of carbonyl (C=O) groups is 1. The fraction of sp³-hybridized carbons (Fsp3) is 0.533. The second-order valence-corrected chi connectivity index (χ2v) is 14.2. The van der Waals surface area contributed by atoms with Crippen LogP contribution < -0.4 is 18.9 Å². The van der Waals surface area contributed by atoms with Crippen molar-refractivity contribution in [2.45, 2.75) is 130 Å². The Morgan fingerprint density at radius 2 is 0.868 bits per heavy atom.